The van der Waals surface area contributed by atoms with Crippen LogP contribution in [0, 0.1) is 0 Å². The number of hydrogen-bond donors (Lipinski definition) is 1. The number of aliphatic carboxylic acids is 1. The first-order chi connectivity index (χ1) is 1.73. The van der Waals surface area contributed by atoms with Crippen molar-refractivity contribution in [1.29, 1.82) is 0 Å². The monoisotopic (exact) mass is 344 g/mol. The zero-order valence-electron chi connectivity index (χ0n) is 9.06. The predicted molar refractivity (Wildman–Crippen MR) is 50.2 cm³/mol. The average Bonchev–Trinajstić information content (AvgIpc) is 0.811. The van der Waals surface area contributed by atoms with Crippen LogP contribution in [0.25, 0.3) is 0 Å². The molecule has 0 aliphatic carbocycles. The van der Waals surface area contributed by atoms with Crippen molar-refractivity contribution in [2.75, 3.05) is 0 Å². The van der Waals surface area contributed by atoms with E-state index in [1.54, 1.807) is 0 Å². The van der Waals surface area contributed by atoms with Crippen LogP contribution in [0.2, 0.25) is 0 Å². The molecule has 0 amide bonds. The van der Waals surface area contributed by atoms with Gasteiger partial charge in [-0.15, -0.1) is 0 Å². The third-order valence-electron chi connectivity index (χ3n) is 0. The van der Waals surface area contributed by atoms with Crippen LogP contribution in [0.3, 0.4) is 0 Å². The summed E-state index contributed by atoms with van der Waals surface area (Å²) in [7, 11) is 0. The van der Waals surface area contributed by atoms with Gasteiger partial charge in [0.25, 0.3) is 5.97 Å². The molecule has 0 saturated heterocycles. The van der Waals surface area contributed by atoms with E-state index >= 15 is 0 Å². The van der Waals surface area contributed by atoms with E-state index in [9.17, 15) is 0 Å². The fourth-order valence-electron chi connectivity index (χ4n) is 0. The molecule has 10 nitrogen and oxygen atoms in total. The van der Waals surface area contributed by atoms with E-state index in [1.165, 1.54) is 0 Å². The van der Waals surface area contributed by atoms with E-state index in [2.05, 4.69) is 0 Å². The first kappa shape index (κ1) is 160. The molecule has 0 aromatic heterocycles. The van der Waals surface area contributed by atoms with Gasteiger partial charge in [-0.1, -0.05) is 0 Å². The van der Waals surface area contributed by atoms with Crippen LogP contribution in [-0.4, -0.2) is 104 Å². The Morgan fingerprint density at radius 3 is 0.846 bits per heavy atom. The Morgan fingerprint density at radius 2 is 0.846 bits per heavy atom. The largest absolute Gasteiger partial charge is 2.00 e. The Balaban J connectivity index is -0.000000000818. The molecular weight excluding hydrogens is 321 g/mol. The third kappa shape index (κ3) is 2810. The Hall–Kier alpha value is 0.721. The molecule has 0 saturated carbocycles. The van der Waals surface area contributed by atoms with Gasteiger partial charge in [-0.25, -0.2) is 0 Å². The summed E-state index contributed by atoms with van der Waals surface area (Å²) in [4.78, 5) is 9.00. The molecule has 0 aliphatic heterocycles. The SMILES string of the molecule is CC(=O)O.O.O.O.O.O.O.O.O.[Ba+2].[H-].[H-]. The number of rotatable bonds is 0. The third-order valence-corrected chi connectivity index (χ3v) is 0. The van der Waals surface area contributed by atoms with Crippen molar-refractivity contribution in [2.45, 2.75) is 6.92 Å². The summed E-state index contributed by atoms with van der Waals surface area (Å²) in [6, 6.07) is 0. The van der Waals surface area contributed by atoms with Crippen LogP contribution in [0.15, 0.2) is 0 Å². The van der Waals surface area contributed by atoms with Crippen LogP contribution in [-0.2, 0) is 4.79 Å². The van der Waals surface area contributed by atoms with Gasteiger partial charge in [-0.3, -0.25) is 4.79 Å². The average molecular weight is 344 g/mol. The summed E-state index contributed by atoms with van der Waals surface area (Å²) in [6.07, 6.45) is 0. The molecule has 0 aromatic rings. The molecule has 0 fully saturated rings. The van der Waals surface area contributed by atoms with Gasteiger partial charge in [0.15, 0.2) is 0 Å². The van der Waals surface area contributed by atoms with E-state index in [-0.39, 0.29) is 95.5 Å². The Bertz CT molecular complexity index is 44.4. The van der Waals surface area contributed by atoms with Crippen LogP contribution < -0.4 is 0 Å². The van der Waals surface area contributed by atoms with Crippen molar-refractivity contribution in [2.24, 2.45) is 0 Å². The standard InChI is InChI=1S/C2H4O2.Ba.8H2O.2H/c1-2(3)4;;;;;;;;;;;/h1H3,(H,3,4);;8*1H2;;/q;+2;;;;;;;;;2*-1. The summed E-state index contributed by atoms with van der Waals surface area (Å²) in [5.74, 6) is -0.833. The minimum Gasteiger partial charge on any atom is -1.00 e. The second-order valence-corrected chi connectivity index (χ2v) is 0.519. The van der Waals surface area contributed by atoms with Crippen molar-refractivity contribution in [3.05, 3.63) is 0 Å². The number of hydrogen-bond acceptors (Lipinski definition) is 1. The number of carboxylic acid groups (broad SMARTS) is 1. The van der Waals surface area contributed by atoms with Gasteiger partial charge in [0, 0.05) is 6.92 Å². The first-order valence-corrected chi connectivity index (χ1v) is 0.928. The van der Waals surface area contributed by atoms with Gasteiger partial charge in [-0.2, -0.15) is 0 Å². The summed E-state index contributed by atoms with van der Waals surface area (Å²) in [5.41, 5.74) is 0. The van der Waals surface area contributed by atoms with Gasteiger partial charge in [-0.05, 0) is 0 Å². The van der Waals surface area contributed by atoms with Crippen LogP contribution >= 0.6 is 0 Å². The molecule has 0 aliphatic rings. The normalized spacial score (nSPS) is 1.92. The molecule has 0 spiro atoms. The van der Waals surface area contributed by atoms with E-state index in [1.807, 2.05) is 0 Å². The maximum atomic E-state index is 9.00. The summed E-state index contributed by atoms with van der Waals surface area (Å²) in [5, 5.41) is 7.42. The molecule has 0 aromatic carbocycles. The van der Waals surface area contributed by atoms with Crippen molar-refractivity contribution in [3.63, 3.8) is 0 Å². The molecule has 0 rings (SSSR count). The molecule has 11 heteroatoms. The summed E-state index contributed by atoms with van der Waals surface area (Å²) < 4.78 is 0. The van der Waals surface area contributed by atoms with Gasteiger partial charge in [0.1, 0.15) is 0 Å². The quantitative estimate of drug-likeness (QED) is 0.419. The smallest absolute Gasteiger partial charge is 1.00 e. The van der Waals surface area contributed by atoms with Crippen molar-refractivity contribution in [3.8, 4) is 0 Å². The molecular formula is C2H22BaO10. The van der Waals surface area contributed by atoms with Crippen molar-refractivity contribution < 1.29 is 56.6 Å². The van der Waals surface area contributed by atoms with E-state index in [0.717, 1.165) is 6.92 Å². The van der Waals surface area contributed by atoms with E-state index < -0.39 is 5.97 Å². The van der Waals surface area contributed by atoms with Crippen molar-refractivity contribution >= 4 is 54.9 Å². The molecule has 0 bridgehead atoms. The number of carboxylic acids is 1. The van der Waals surface area contributed by atoms with Gasteiger partial charge >= 0.3 is 48.9 Å². The Morgan fingerprint density at radius 1 is 0.846 bits per heavy atom. The van der Waals surface area contributed by atoms with Gasteiger partial charge < -0.3 is 51.8 Å². The van der Waals surface area contributed by atoms with E-state index in [4.69, 9.17) is 9.90 Å². The second-order valence-electron chi connectivity index (χ2n) is 0.519. The molecule has 0 unspecified atom stereocenters. The van der Waals surface area contributed by atoms with Crippen LogP contribution in [0.1, 0.15) is 9.78 Å². The Labute approximate surface area is 117 Å². The molecule has 13 heavy (non-hydrogen) atoms. The first-order valence-electron chi connectivity index (χ1n) is 0.928. The minimum atomic E-state index is -0.833. The number of carbonyl (C=O) groups is 1. The second kappa shape index (κ2) is 126. The van der Waals surface area contributed by atoms with Crippen molar-refractivity contribution in [1.82, 2.24) is 0 Å². The maximum absolute atomic E-state index is 9.00. The van der Waals surface area contributed by atoms with Crippen LogP contribution in [0.5, 0.6) is 0 Å². The van der Waals surface area contributed by atoms with E-state index in [0.29, 0.717) is 0 Å². The fourth-order valence-corrected chi connectivity index (χ4v) is 0. The molecule has 0 atom stereocenters. The topological polar surface area (TPSA) is 289 Å². The Kier molecular flexibility index (Phi) is 1560. The minimum absolute atomic E-state index is 0. The summed E-state index contributed by atoms with van der Waals surface area (Å²) >= 11 is 0. The van der Waals surface area contributed by atoms with Crippen LogP contribution in [0.4, 0.5) is 0 Å². The maximum Gasteiger partial charge on any atom is 2.00 e. The zero-order chi connectivity index (χ0) is 3.58. The summed E-state index contributed by atoms with van der Waals surface area (Å²) in [6.45, 7) is 1.08. The molecule has 17 N–H and O–H groups in total. The molecule has 92 valence electrons. The fraction of sp³-hybridized carbons (Fsp3) is 0.500. The molecule has 0 radical (unpaired) electrons. The zero-order valence-corrected chi connectivity index (χ0v) is 11.5. The van der Waals surface area contributed by atoms with Gasteiger partial charge in [0.05, 0.1) is 0 Å². The molecule has 0 heterocycles. The predicted octanol–water partition coefficient (Wildman–Crippen LogP) is -6.66. The van der Waals surface area contributed by atoms with Gasteiger partial charge in [0.2, 0.25) is 0 Å².